The predicted molar refractivity (Wildman–Crippen MR) is 143 cm³/mol. The number of hydrogen-bond donors (Lipinski definition) is 1. The Balaban J connectivity index is 2.49. The Morgan fingerprint density at radius 3 is 2.09 bits per heavy atom. The number of nitrogens with one attached hydrogen (secondary N) is 1. The summed E-state index contributed by atoms with van der Waals surface area (Å²) in [5, 5.41) is 3.93. The van der Waals surface area contributed by atoms with Gasteiger partial charge in [0, 0.05) is 28.2 Å². The van der Waals surface area contributed by atoms with Gasteiger partial charge in [-0.25, -0.2) is 8.42 Å². The van der Waals surface area contributed by atoms with Crippen LogP contribution >= 0.6 is 46.4 Å². The molecule has 0 saturated heterocycles. The summed E-state index contributed by atoms with van der Waals surface area (Å²) in [4.78, 5) is 27.9. The maximum atomic E-state index is 13.6. The third kappa shape index (κ3) is 8.15. The number of benzene rings is 2. The van der Waals surface area contributed by atoms with Crippen LogP contribution in [0.15, 0.2) is 36.4 Å². The molecule has 1 N–H and O–H groups in total. The van der Waals surface area contributed by atoms with Gasteiger partial charge in [0.05, 0.1) is 17.0 Å². The Labute approximate surface area is 226 Å². The summed E-state index contributed by atoms with van der Waals surface area (Å²) in [5.41, 5.74) is 0.654. The highest BCUT2D eigenvalue weighted by atomic mass is 35.5. The Morgan fingerprint density at radius 1 is 0.971 bits per heavy atom. The van der Waals surface area contributed by atoms with Crippen molar-refractivity contribution in [3.05, 3.63) is 62.1 Å². The standard InChI is InChI=1S/C23H27Cl4N3O4S/c1-4-10-28-23(32)20(5-2)29(13-15-6-7-16(24)11-18(15)26)22(31)14-30(35(3,33)34)21-9-8-17(25)12-19(21)27/h6-9,11-12,20H,4-5,10,13-14H2,1-3H3,(H,28,32)/t20-/m0/s1. The van der Waals surface area contributed by atoms with Crippen molar-refractivity contribution in [2.75, 3.05) is 23.7 Å². The van der Waals surface area contributed by atoms with Gasteiger partial charge in [0.1, 0.15) is 12.6 Å². The van der Waals surface area contributed by atoms with Crippen molar-refractivity contribution >= 4 is 73.9 Å². The van der Waals surface area contributed by atoms with Gasteiger partial charge in [0.2, 0.25) is 21.8 Å². The molecular weight excluding hydrogens is 556 g/mol. The highest BCUT2D eigenvalue weighted by Gasteiger charge is 2.32. The summed E-state index contributed by atoms with van der Waals surface area (Å²) < 4.78 is 26.2. The highest BCUT2D eigenvalue weighted by Crippen LogP contribution is 2.31. The summed E-state index contributed by atoms with van der Waals surface area (Å²) in [6.07, 6.45) is 1.99. The van der Waals surface area contributed by atoms with Crippen LogP contribution in [0.5, 0.6) is 0 Å². The van der Waals surface area contributed by atoms with Crippen LogP contribution in [0.2, 0.25) is 20.1 Å². The lowest BCUT2D eigenvalue weighted by molar-refractivity contribution is -0.140. The molecule has 0 fully saturated rings. The molecule has 0 aliphatic heterocycles. The predicted octanol–water partition coefficient (Wildman–Crippen LogP) is 5.40. The first-order chi connectivity index (χ1) is 16.4. The smallest absolute Gasteiger partial charge is 0.244 e. The molecule has 35 heavy (non-hydrogen) atoms. The largest absolute Gasteiger partial charge is 0.354 e. The molecule has 2 rings (SSSR count). The van der Waals surface area contributed by atoms with Crippen LogP contribution in [0.4, 0.5) is 5.69 Å². The first-order valence-corrected chi connectivity index (χ1v) is 14.2. The van der Waals surface area contributed by atoms with Crippen LogP contribution < -0.4 is 9.62 Å². The van der Waals surface area contributed by atoms with Crippen LogP contribution in [0, 0.1) is 0 Å². The fourth-order valence-electron chi connectivity index (χ4n) is 3.40. The third-order valence-electron chi connectivity index (χ3n) is 5.15. The van der Waals surface area contributed by atoms with E-state index in [2.05, 4.69) is 5.32 Å². The Bertz CT molecular complexity index is 1180. The molecule has 0 saturated carbocycles. The quantitative estimate of drug-likeness (QED) is 0.384. The van der Waals surface area contributed by atoms with E-state index in [0.717, 1.165) is 17.0 Å². The number of halogens is 4. The van der Waals surface area contributed by atoms with Crippen molar-refractivity contribution in [1.82, 2.24) is 10.2 Å². The zero-order valence-electron chi connectivity index (χ0n) is 19.5. The van der Waals surface area contributed by atoms with Crippen LogP contribution in [-0.2, 0) is 26.2 Å². The maximum absolute atomic E-state index is 13.6. The number of amides is 2. The second-order valence-corrected chi connectivity index (χ2v) is 11.4. The normalized spacial score (nSPS) is 12.2. The Hall–Kier alpha value is -1.71. The molecule has 0 bridgehead atoms. The molecule has 0 spiro atoms. The average Bonchev–Trinajstić information content (AvgIpc) is 2.77. The van der Waals surface area contributed by atoms with E-state index in [9.17, 15) is 18.0 Å². The maximum Gasteiger partial charge on any atom is 0.244 e. The van der Waals surface area contributed by atoms with Gasteiger partial charge in [0.25, 0.3) is 0 Å². The fourth-order valence-corrected chi connectivity index (χ4v) is 5.29. The van der Waals surface area contributed by atoms with Crippen molar-refractivity contribution in [1.29, 1.82) is 0 Å². The van der Waals surface area contributed by atoms with Gasteiger partial charge in [0.15, 0.2) is 0 Å². The van der Waals surface area contributed by atoms with Gasteiger partial charge in [-0.3, -0.25) is 13.9 Å². The minimum atomic E-state index is -3.92. The molecule has 1 atom stereocenters. The number of hydrogen-bond acceptors (Lipinski definition) is 4. The second kappa shape index (κ2) is 13.0. The summed E-state index contributed by atoms with van der Waals surface area (Å²) in [6, 6.07) is 8.25. The van der Waals surface area contributed by atoms with Crippen molar-refractivity contribution in [2.24, 2.45) is 0 Å². The zero-order chi connectivity index (χ0) is 26.3. The lowest BCUT2D eigenvalue weighted by atomic mass is 10.1. The average molecular weight is 583 g/mol. The first-order valence-electron chi connectivity index (χ1n) is 10.8. The minimum absolute atomic E-state index is 0.0289. The van der Waals surface area contributed by atoms with Gasteiger partial charge in [-0.2, -0.15) is 0 Å². The van der Waals surface area contributed by atoms with Crippen molar-refractivity contribution < 1.29 is 18.0 Å². The molecule has 192 valence electrons. The molecule has 2 aromatic rings. The van der Waals surface area contributed by atoms with Crippen LogP contribution in [0.1, 0.15) is 32.3 Å². The van der Waals surface area contributed by atoms with Crippen molar-refractivity contribution in [3.63, 3.8) is 0 Å². The summed E-state index contributed by atoms with van der Waals surface area (Å²) in [5.74, 6) is -0.950. The second-order valence-electron chi connectivity index (χ2n) is 7.84. The van der Waals surface area contributed by atoms with Gasteiger partial charge >= 0.3 is 0 Å². The van der Waals surface area contributed by atoms with E-state index in [1.165, 1.54) is 29.2 Å². The minimum Gasteiger partial charge on any atom is -0.354 e. The van der Waals surface area contributed by atoms with E-state index in [4.69, 9.17) is 46.4 Å². The van der Waals surface area contributed by atoms with Gasteiger partial charge in [-0.1, -0.05) is 66.3 Å². The SMILES string of the molecule is CCCNC(=O)[C@H](CC)N(Cc1ccc(Cl)cc1Cl)C(=O)CN(c1ccc(Cl)cc1Cl)S(C)(=O)=O. The van der Waals surface area contributed by atoms with E-state index in [-0.39, 0.29) is 23.2 Å². The van der Waals surface area contributed by atoms with E-state index in [1.54, 1.807) is 19.1 Å². The lowest BCUT2D eigenvalue weighted by Crippen LogP contribution is -2.52. The molecule has 0 radical (unpaired) electrons. The van der Waals surface area contributed by atoms with Crippen LogP contribution in [0.25, 0.3) is 0 Å². The van der Waals surface area contributed by atoms with Crippen molar-refractivity contribution in [3.8, 4) is 0 Å². The summed E-state index contributed by atoms with van der Waals surface area (Å²) >= 11 is 24.5. The number of sulfonamides is 1. The Kier molecular flexibility index (Phi) is 11.0. The van der Waals surface area contributed by atoms with E-state index in [0.29, 0.717) is 33.6 Å². The van der Waals surface area contributed by atoms with E-state index in [1.807, 2.05) is 6.92 Å². The summed E-state index contributed by atoms with van der Waals surface area (Å²) in [6.45, 7) is 3.51. The van der Waals surface area contributed by atoms with Gasteiger partial charge in [-0.05, 0) is 48.7 Å². The molecule has 12 heteroatoms. The molecule has 0 unspecified atom stereocenters. The molecule has 2 aromatic carbocycles. The van der Waals surface area contributed by atoms with Crippen LogP contribution in [0.3, 0.4) is 0 Å². The van der Waals surface area contributed by atoms with Crippen molar-refractivity contribution in [2.45, 2.75) is 39.3 Å². The third-order valence-corrected chi connectivity index (χ3v) is 7.40. The molecular formula is C23H27Cl4N3O4S. The number of carbonyl (C=O) groups excluding carboxylic acids is 2. The van der Waals surface area contributed by atoms with Gasteiger partial charge < -0.3 is 10.2 Å². The van der Waals surface area contributed by atoms with E-state index >= 15 is 0 Å². The number of nitrogens with zero attached hydrogens (tertiary/aromatic N) is 2. The van der Waals surface area contributed by atoms with Gasteiger partial charge in [-0.15, -0.1) is 0 Å². The monoisotopic (exact) mass is 581 g/mol. The molecule has 7 nitrogen and oxygen atoms in total. The first kappa shape index (κ1) is 29.5. The Morgan fingerprint density at radius 2 is 1.57 bits per heavy atom. The molecule has 0 aliphatic rings. The summed E-state index contributed by atoms with van der Waals surface area (Å²) in [7, 11) is -3.92. The topological polar surface area (TPSA) is 86.8 Å². The fraction of sp³-hybridized carbons (Fsp3) is 0.391. The highest BCUT2D eigenvalue weighted by molar-refractivity contribution is 7.92. The zero-order valence-corrected chi connectivity index (χ0v) is 23.4. The number of rotatable bonds is 11. The molecule has 0 heterocycles. The van der Waals surface area contributed by atoms with E-state index < -0.39 is 28.5 Å². The number of carbonyl (C=O) groups is 2. The number of anilines is 1. The molecule has 2 amide bonds. The molecule has 0 aromatic heterocycles. The lowest BCUT2D eigenvalue weighted by Gasteiger charge is -2.33. The molecule has 0 aliphatic carbocycles. The van der Waals surface area contributed by atoms with Crippen LogP contribution in [-0.4, -0.2) is 50.5 Å².